The number of amides is 1. The fourth-order valence-electron chi connectivity index (χ4n) is 2.32. The lowest BCUT2D eigenvalue weighted by molar-refractivity contribution is -0.127. The van der Waals surface area contributed by atoms with Crippen molar-refractivity contribution in [3.8, 4) is 0 Å². The van der Waals surface area contributed by atoms with Crippen LogP contribution < -0.4 is 5.32 Å². The van der Waals surface area contributed by atoms with Crippen LogP contribution in [-0.4, -0.2) is 11.4 Å². The third-order valence-electron chi connectivity index (χ3n) is 4.89. The van der Waals surface area contributed by atoms with E-state index >= 15 is 0 Å². The smallest absolute Gasteiger partial charge is 0.223 e. The number of rotatable bonds is 7. The topological polar surface area (TPSA) is 29.1 Å². The van der Waals surface area contributed by atoms with Gasteiger partial charge in [0.05, 0.1) is 0 Å². The van der Waals surface area contributed by atoms with Crippen LogP contribution in [0.1, 0.15) is 68.7 Å². The molecule has 0 rings (SSSR count). The zero-order valence-corrected chi connectivity index (χ0v) is 14.5. The van der Waals surface area contributed by atoms with Crippen molar-refractivity contribution < 1.29 is 4.79 Å². The second kappa shape index (κ2) is 7.31. The molecule has 2 heteroatoms. The van der Waals surface area contributed by atoms with Crippen LogP contribution in [-0.2, 0) is 4.79 Å². The van der Waals surface area contributed by atoms with Crippen molar-refractivity contribution in [2.75, 3.05) is 0 Å². The summed E-state index contributed by atoms with van der Waals surface area (Å²) in [6.45, 7) is 19.6. The second-order valence-corrected chi connectivity index (χ2v) is 7.60. The van der Waals surface area contributed by atoms with Crippen molar-refractivity contribution in [1.29, 1.82) is 0 Å². The van der Waals surface area contributed by atoms with Gasteiger partial charge < -0.3 is 5.32 Å². The van der Waals surface area contributed by atoms with Crippen LogP contribution in [0.4, 0.5) is 0 Å². The summed E-state index contributed by atoms with van der Waals surface area (Å²) in [5.74, 6) is 2.55. The maximum Gasteiger partial charge on any atom is 0.223 e. The summed E-state index contributed by atoms with van der Waals surface area (Å²) in [4.78, 5) is 12.3. The Bertz CT molecular complexity index is 281. The molecule has 0 aliphatic rings. The van der Waals surface area contributed by atoms with Gasteiger partial charge in [-0.25, -0.2) is 0 Å². The molecule has 0 aromatic heterocycles. The van der Waals surface area contributed by atoms with Gasteiger partial charge in [-0.3, -0.25) is 4.79 Å². The second-order valence-electron chi connectivity index (χ2n) is 7.60. The molecular weight excluding hydrogens is 234 g/mol. The summed E-state index contributed by atoms with van der Waals surface area (Å²) in [6.07, 6.45) is 0.968. The lowest BCUT2D eigenvalue weighted by Gasteiger charge is -2.36. The third-order valence-corrected chi connectivity index (χ3v) is 4.89. The van der Waals surface area contributed by atoms with E-state index in [1.807, 2.05) is 6.92 Å². The molecule has 19 heavy (non-hydrogen) atoms. The van der Waals surface area contributed by atoms with Crippen molar-refractivity contribution >= 4 is 5.91 Å². The minimum Gasteiger partial charge on any atom is -0.351 e. The van der Waals surface area contributed by atoms with Crippen molar-refractivity contribution in [1.82, 2.24) is 5.32 Å². The molecule has 0 aromatic carbocycles. The molecule has 0 saturated heterocycles. The van der Waals surface area contributed by atoms with Gasteiger partial charge in [-0.05, 0) is 43.9 Å². The molecule has 0 spiro atoms. The highest BCUT2D eigenvalue weighted by Gasteiger charge is 2.31. The van der Waals surface area contributed by atoms with Crippen molar-refractivity contribution in [3.05, 3.63) is 0 Å². The molecule has 114 valence electrons. The van der Waals surface area contributed by atoms with Crippen molar-refractivity contribution in [2.24, 2.45) is 29.6 Å². The Morgan fingerprint density at radius 3 is 1.79 bits per heavy atom. The van der Waals surface area contributed by atoms with Gasteiger partial charge in [0, 0.05) is 11.5 Å². The Hall–Kier alpha value is -0.530. The van der Waals surface area contributed by atoms with Crippen LogP contribution in [0.3, 0.4) is 0 Å². The Morgan fingerprint density at radius 1 is 0.947 bits per heavy atom. The van der Waals surface area contributed by atoms with Crippen molar-refractivity contribution in [3.63, 3.8) is 0 Å². The molecule has 3 unspecified atom stereocenters. The van der Waals surface area contributed by atoms with E-state index in [1.54, 1.807) is 0 Å². The van der Waals surface area contributed by atoms with Gasteiger partial charge in [-0.2, -0.15) is 0 Å². The Labute approximate surface area is 120 Å². The first-order valence-electron chi connectivity index (χ1n) is 7.81. The largest absolute Gasteiger partial charge is 0.351 e. The van der Waals surface area contributed by atoms with Crippen LogP contribution in [0, 0.1) is 29.6 Å². The standard InChI is InChI=1S/C17H35NO/c1-11(2)13(5)10-14(6)16(19)18-17(8,9)15(7)12(3)4/h11-15H,10H2,1-9H3,(H,18,19). The Balaban J connectivity index is 4.51. The first-order chi connectivity index (χ1) is 8.49. The number of hydrogen-bond acceptors (Lipinski definition) is 1. The van der Waals surface area contributed by atoms with Crippen LogP contribution in [0.5, 0.6) is 0 Å². The highest BCUT2D eigenvalue weighted by molar-refractivity contribution is 5.79. The average molecular weight is 269 g/mol. The lowest BCUT2D eigenvalue weighted by atomic mass is 9.80. The van der Waals surface area contributed by atoms with Crippen molar-refractivity contribution in [2.45, 2.75) is 74.3 Å². The van der Waals surface area contributed by atoms with Gasteiger partial charge in [-0.15, -0.1) is 0 Å². The Morgan fingerprint density at radius 2 is 1.42 bits per heavy atom. The minimum atomic E-state index is -0.138. The summed E-state index contributed by atoms with van der Waals surface area (Å²) in [6, 6.07) is 0. The quantitative estimate of drug-likeness (QED) is 0.725. The van der Waals surface area contributed by atoms with E-state index in [2.05, 4.69) is 60.7 Å². The lowest BCUT2D eigenvalue weighted by Crippen LogP contribution is -2.51. The first kappa shape index (κ1) is 18.5. The fraction of sp³-hybridized carbons (Fsp3) is 0.941. The molecule has 0 aliphatic heterocycles. The molecule has 0 radical (unpaired) electrons. The molecule has 1 amide bonds. The fourth-order valence-corrected chi connectivity index (χ4v) is 2.32. The SMILES string of the molecule is CC(CC(C)C(C)C)C(=O)NC(C)(C)C(C)C(C)C. The van der Waals surface area contributed by atoms with E-state index in [4.69, 9.17) is 0 Å². The van der Waals surface area contributed by atoms with Crippen LogP contribution >= 0.6 is 0 Å². The number of carbonyl (C=O) groups excluding carboxylic acids is 1. The van der Waals surface area contributed by atoms with Crippen LogP contribution in [0.25, 0.3) is 0 Å². The summed E-state index contributed by atoms with van der Waals surface area (Å²) in [7, 11) is 0. The van der Waals surface area contributed by atoms with Crippen LogP contribution in [0.2, 0.25) is 0 Å². The van der Waals surface area contributed by atoms with Crippen LogP contribution in [0.15, 0.2) is 0 Å². The summed E-state index contributed by atoms with van der Waals surface area (Å²) < 4.78 is 0. The van der Waals surface area contributed by atoms with Gasteiger partial charge in [0.25, 0.3) is 0 Å². The molecular formula is C17H35NO. The molecule has 0 aromatic rings. The number of carbonyl (C=O) groups is 1. The van der Waals surface area contributed by atoms with E-state index in [-0.39, 0.29) is 17.4 Å². The summed E-state index contributed by atoms with van der Waals surface area (Å²) in [5, 5.41) is 3.24. The third kappa shape index (κ3) is 5.97. The van der Waals surface area contributed by atoms with E-state index in [0.717, 1.165) is 6.42 Å². The summed E-state index contributed by atoms with van der Waals surface area (Å²) >= 11 is 0. The predicted molar refractivity (Wildman–Crippen MR) is 84.0 cm³/mol. The van der Waals surface area contributed by atoms with E-state index in [1.165, 1.54) is 0 Å². The molecule has 0 aliphatic carbocycles. The van der Waals surface area contributed by atoms with Gasteiger partial charge in [-0.1, -0.05) is 48.5 Å². The van der Waals surface area contributed by atoms with E-state index in [0.29, 0.717) is 23.7 Å². The monoisotopic (exact) mass is 269 g/mol. The average Bonchev–Trinajstić information content (AvgIpc) is 2.26. The number of hydrogen-bond donors (Lipinski definition) is 1. The zero-order valence-electron chi connectivity index (χ0n) is 14.5. The molecule has 0 heterocycles. The predicted octanol–water partition coefficient (Wildman–Crippen LogP) is 4.49. The van der Waals surface area contributed by atoms with E-state index in [9.17, 15) is 4.79 Å². The normalized spacial score (nSPS) is 17.4. The van der Waals surface area contributed by atoms with Gasteiger partial charge in [0.1, 0.15) is 0 Å². The minimum absolute atomic E-state index is 0.0936. The molecule has 0 fully saturated rings. The molecule has 2 nitrogen and oxygen atoms in total. The Kier molecular flexibility index (Phi) is 7.10. The maximum absolute atomic E-state index is 12.3. The zero-order chi connectivity index (χ0) is 15.4. The first-order valence-corrected chi connectivity index (χ1v) is 7.81. The molecule has 3 atom stereocenters. The maximum atomic E-state index is 12.3. The van der Waals surface area contributed by atoms with Gasteiger partial charge in [0.2, 0.25) is 5.91 Å². The molecule has 0 saturated carbocycles. The van der Waals surface area contributed by atoms with Gasteiger partial charge >= 0.3 is 0 Å². The molecule has 0 bridgehead atoms. The van der Waals surface area contributed by atoms with Gasteiger partial charge in [0.15, 0.2) is 0 Å². The summed E-state index contributed by atoms with van der Waals surface area (Å²) in [5.41, 5.74) is -0.138. The van der Waals surface area contributed by atoms with E-state index < -0.39 is 0 Å². The highest BCUT2D eigenvalue weighted by atomic mass is 16.2. The number of nitrogens with one attached hydrogen (secondary N) is 1. The molecule has 1 N–H and O–H groups in total. The highest BCUT2D eigenvalue weighted by Crippen LogP contribution is 2.25.